The van der Waals surface area contributed by atoms with Crippen LogP contribution in [-0.2, 0) is 10.0 Å². The van der Waals surface area contributed by atoms with Crippen LogP contribution in [0.3, 0.4) is 0 Å². The molecule has 1 aliphatic rings. The minimum Gasteiger partial charge on any atom is -0.314 e. The van der Waals surface area contributed by atoms with Crippen molar-refractivity contribution in [3.05, 3.63) is 0 Å². The van der Waals surface area contributed by atoms with E-state index in [9.17, 15) is 8.42 Å². The van der Waals surface area contributed by atoms with Gasteiger partial charge in [0, 0.05) is 12.6 Å². The average Bonchev–Trinajstić information content (AvgIpc) is 2.23. The fraction of sp³-hybridized carbons (Fsp3) is 1.00. The number of hydrogen-bond acceptors (Lipinski definition) is 4. The van der Waals surface area contributed by atoms with Crippen LogP contribution in [0, 0.1) is 5.92 Å². The minimum atomic E-state index is -3.30. The second kappa shape index (κ2) is 6.68. The zero-order valence-electron chi connectivity index (χ0n) is 10.9. The van der Waals surface area contributed by atoms with Gasteiger partial charge in [-0.1, -0.05) is 0 Å². The van der Waals surface area contributed by atoms with Gasteiger partial charge in [-0.05, 0) is 52.2 Å². The van der Waals surface area contributed by atoms with Gasteiger partial charge in [0.15, 0.2) is 0 Å². The molecule has 1 aliphatic heterocycles. The van der Waals surface area contributed by atoms with E-state index in [4.69, 9.17) is 5.14 Å². The molecule has 0 aromatic carbocycles. The van der Waals surface area contributed by atoms with Gasteiger partial charge in [0.2, 0.25) is 10.0 Å². The van der Waals surface area contributed by atoms with Crippen LogP contribution in [0.5, 0.6) is 0 Å². The molecule has 17 heavy (non-hydrogen) atoms. The van der Waals surface area contributed by atoms with Crippen LogP contribution in [0.4, 0.5) is 0 Å². The summed E-state index contributed by atoms with van der Waals surface area (Å²) in [5.41, 5.74) is 0. The molecule has 6 heteroatoms. The SMILES string of the molecule is CC(NCCCS(N)(=O)=O)C1CCCN(C)C1. The van der Waals surface area contributed by atoms with E-state index in [0.717, 1.165) is 13.1 Å². The maximum Gasteiger partial charge on any atom is 0.209 e. The van der Waals surface area contributed by atoms with E-state index in [1.165, 1.54) is 19.4 Å². The minimum absolute atomic E-state index is 0.0668. The molecule has 0 saturated carbocycles. The Kier molecular flexibility index (Phi) is 5.85. The van der Waals surface area contributed by atoms with Crippen LogP contribution in [0.2, 0.25) is 0 Å². The molecule has 0 bridgehead atoms. The highest BCUT2D eigenvalue weighted by atomic mass is 32.2. The maximum atomic E-state index is 10.8. The van der Waals surface area contributed by atoms with E-state index >= 15 is 0 Å². The van der Waals surface area contributed by atoms with E-state index in [2.05, 4.69) is 24.2 Å². The first-order chi connectivity index (χ1) is 7.88. The summed E-state index contributed by atoms with van der Waals surface area (Å²) in [6.45, 7) is 5.22. The molecule has 1 fully saturated rings. The fourth-order valence-corrected chi connectivity index (χ4v) is 2.93. The molecule has 1 rings (SSSR count). The molecule has 1 heterocycles. The largest absolute Gasteiger partial charge is 0.314 e. The van der Waals surface area contributed by atoms with E-state index in [1.54, 1.807) is 0 Å². The number of nitrogens with zero attached hydrogens (tertiary/aromatic N) is 1. The third-order valence-electron chi connectivity index (χ3n) is 3.44. The third kappa shape index (κ3) is 6.35. The molecule has 5 nitrogen and oxygen atoms in total. The van der Waals surface area contributed by atoms with Crippen LogP contribution < -0.4 is 10.5 Å². The predicted molar refractivity (Wildman–Crippen MR) is 70.3 cm³/mol. The monoisotopic (exact) mass is 263 g/mol. The van der Waals surface area contributed by atoms with E-state index < -0.39 is 10.0 Å². The van der Waals surface area contributed by atoms with Gasteiger partial charge >= 0.3 is 0 Å². The smallest absolute Gasteiger partial charge is 0.209 e. The molecule has 0 aromatic heterocycles. The summed E-state index contributed by atoms with van der Waals surface area (Å²) in [5, 5.41) is 8.35. The molecule has 0 amide bonds. The molecule has 0 radical (unpaired) electrons. The molecular weight excluding hydrogens is 238 g/mol. The molecule has 1 saturated heterocycles. The van der Waals surface area contributed by atoms with Crippen LogP contribution in [0.25, 0.3) is 0 Å². The average molecular weight is 263 g/mol. The zero-order valence-corrected chi connectivity index (χ0v) is 11.7. The van der Waals surface area contributed by atoms with E-state index in [-0.39, 0.29) is 5.75 Å². The van der Waals surface area contributed by atoms with Gasteiger partial charge in [-0.15, -0.1) is 0 Å². The second-order valence-electron chi connectivity index (χ2n) is 5.13. The van der Waals surface area contributed by atoms with Crippen molar-refractivity contribution in [2.75, 3.05) is 32.4 Å². The third-order valence-corrected chi connectivity index (χ3v) is 4.30. The van der Waals surface area contributed by atoms with Crippen LogP contribution in [-0.4, -0.2) is 51.8 Å². The highest BCUT2D eigenvalue weighted by Gasteiger charge is 2.22. The first kappa shape index (κ1) is 14.9. The van der Waals surface area contributed by atoms with Crippen molar-refractivity contribution >= 4 is 10.0 Å². The normalized spacial score (nSPS) is 24.8. The Bertz CT molecular complexity index is 319. The Morgan fingerprint density at radius 2 is 2.24 bits per heavy atom. The quantitative estimate of drug-likeness (QED) is 0.661. The predicted octanol–water partition coefficient (Wildman–Crippen LogP) is -0.0151. The van der Waals surface area contributed by atoms with Gasteiger partial charge < -0.3 is 10.2 Å². The molecular formula is C11H25N3O2S. The Labute approximate surface area is 105 Å². The lowest BCUT2D eigenvalue weighted by Crippen LogP contribution is -2.43. The number of nitrogens with two attached hydrogens (primary N) is 1. The number of rotatable bonds is 6. The first-order valence-corrected chi connectivity index (χ1v) is 8.02. The molecule has 0 aromatic rings. The summed E-state index contributed by atoms with van der Waals surface area (Å²) >= 11 is 0. The Hall–Kier alpha value is -0.170. The lowest BCUT2D eigenvalue weighted by Gasteiger charge is -2.34. The lowest BCUT2D eigenvalue weighted by atomic mass is 9.92. The van der Waals surface area contributed by atoms with Crippen LogP contribution >= 0.6 is 0 Å². The maximum absolute atomic E-state index is 10.8. The van der Waals surface area contributed by atoms with Crippen molar-refractivity contribution in [2.24, 2.45) is 11.1 Å². The van der Waals surface area contributed by atoms with Gasteiger partial charge in [-0.25, -0.2) is 13.6 Å². The summed E-state index contributed by atoms with van der Waals surface area (Å²) in [6.07, 6.45) is 3.10. The Balaban J connectivity index is 2.18. The number of primary sulfonamides is 1. The second-order valence-corrected chi connectivity index (χ2v) is 6.86. The van der Waals surface area contributed by atoms with Crippen molar-refractivity contribution in [1.29, 1.82) is 0 Å². The van der Waals surface area contributed by atoms with Gasteiger partial charge in [0.05, 0.1) is 5.75 Å². The summed E-state index contributed by atoms with van der Waals surface area (Å²) < 4.78 is 21.5. The van der Waals surface area contributed by atoms with Gasteiger partial charge in [-0.3, -0.25) is 0 Å². The van der Waals surface area contributed by atoms with Crippen molar-refractivity contribution in [3.63, 3.8) is 0 Å². The van der Waals surface area contributed by atoms with E-state index in [0.29, 0.717) is 18.4 Å². The summed E-state index contributed by atoms with van der Waals surface area (Å²) in [6, 6.07) is 0.443. The molecule has 0 spiro atoms. The molecule has 2 unspecified atom stereocenters. The van der Waals surface area contributed by atoms with Crippen molar-refractivity contribution in [1.82, 2.24) is 10.2 Å². The molecule has 2 atom stereocenters. The van der Waals surface area contributed by atoms with Crippen molar-refractivity contribution in [2.45, 2.75) is 32.2 Å². The Morgan fingerprint density at radius 3 is 2.82 bits per heavy atom. The number of nitrogens with one attached hydrogen (secondary N) is 1. The highest BCUT2D eigenvalue weighted by Crippen LogP contribution is 2.18. The number of hydrogen-bond donors (Lipinski definition) is 2. The fourth-order valence-electron chi connectivity index (χ4n) is 2.38. The number of sulfonamides is 1. The zero-order chi connectivity index (χ0) is 12.9. The van der Waals surface area contributed by atoms with Crippen molar-refractivity contribution < 1.29 is 8.42 Å². The topological polar surface area (TPSA) is 75.4 Å². The number of likely N-dealkylation sites (tertiary alicyclic amines) is 1. The van der Waals surface area contributed by atoms with Gasteiger partial charge in [0.1, 0.15) is 0 Å². The highest BCUT2D eigenvalue weighted by molar-refractivity contribution is 7.89. The molecule has 0 aliphatic carbocycles. The van der Waals surface area contributed by atoms with E-state index in [1.807, 2.05) is 0 Å². The molecule has 102 valence electrons. The first-order valence-electron chi connectivity index (χ1n) is 6.31. The van der Waals surface area contributed by atoms with Crippen LogP contribution in [0.15, 0.2) is 0 Å². The molecule has 3 N–H and O–H groups in total. The standard InChI is InChI=1S/C11H25N3O2S/c1-10(11-5-3-7-14(2)9-11)13-6-4-8-17(12,15)16/h10-11,13H,3-9H2,1-2H3,(H2,12,15,16). The van der Waals surface area contributed by atoms with Crippen LogP contribution in [0.1, 0.15) is 26.2 Å². The lowest BCUT2D eigenvalue weighted by molar-refractivity contribution is 0.179. The Morgan fingerprint density at radius 1 is 1.53 bits per heavy atom. The van der Waals surface area contributed by atoms with Gasteiger partial charge in [-0.2, -0.15) is 0 Å². The summed E-state index contributed by atoms with van der Waals surface area (Å²) in [4.78, 5) is 2.36. The van der Waals surface area contributed by atoms with Crippen molar-refractivity contribution in [3.8, 4) is 0 Å². The van der Waals surface area contributed by atoms with Gasteiger partial charge in [0.25, 0.3) is 0 Å². The summed E-state index contributed by atoms with van der Waals surface area (Å²) in [7, 11) is -1.15. The number of piperidine rings is 1. The summed E-state index contributed by atoms with van der Waals surface area (Å²) in [5.74, 6) is 0.736.